The van der Waals surface area contributed by atoms with Crippen LogP contribution in [0.1, 0.15) is 24.0 Å². The van der Waals surface area contributed by atoms with Crippen molar-refractivity contribution in [1.82, 2.24) is 0 Å². The number of hydrogen-bond acceptors (Lipinski definition) is 2. The molecule has 0 saturated carbocycles. The van der Waals surface area contributed by atoms with Crippen molar-refractivity contribution in [2.45, 2.75) is 19.4 Å². The van der Waals surface area contributed by atoms with Gasteiger partial charge in [0.15, 0.2) is 0 Å². The summed E-state index contributed by atoms with van der Waals surface area (Å²) in [7, 11) is 0. The van der Waals surface area contributed by atoms with E-state index in [1.807, 2.05) is 36.4 Å². The van der Waals surface area contributed by atoms with Crippen LogP contribution in [0.2, 0.25) is 0 Å². The number of nitrogens with two attached hydrogens (primary N) is 1. The second-order valence-corrected chi connectivity index (χ2v) is 5.32. The standard InChI is InChI=1S/C19H23NO/c1-3-19(15(2)13-20)17-10-7-11-18(12-17)21-14-16-8-5-4-6-9-16/h3-12,15,19H,1,13-14,20H2,2H3/t15-,19?/m0/s1. The van der Waals surface area contributed by atoms with Crippen LogP contribution in [0.4, 0.5) is 0 Å². The highest BCUT2D eigenvalue weighted by Crippen LogP contribution is 2.28. The maximum atomic E-state index is 5.88. The molecule has 0 aromatic heterocycles. The summed E-state index contributed by atoms with van der Waals surface area (Å²) in [6.45, 7) is 7.30. The van der Waals surface area contributed by atoms with Gasteiger partial charge in [0, 0.05) is 5.92 Å². The molecule has 0 radical (unpaired) electrons. The van der Waals surface area contributed by atoms with E-state index in [0.29, 0.717) is 19.1 Å². The summed E-state index contributed by atoms with van der Waals surface area (Å²) >= 11 is 0. The van der Waals surface area contributed by atoms with Gasteiger partial charge in [0.25, 0.3) is 0 Å². The second kappa shape index (κ2) is 7.65. The summed E-state index contributed by atoms with van der Waals surface area (Å²) in [5.41, 5.74) is 8.15. The Bertz CT molecular complexity index is 565. The van der Waals surface area contributed by atoms with Gasteiger partial charge in [-0.2, -0.15) is 0 Å². The number of rotatable bonds is 7. The third-order valence-corrected chi connectivity index (χ3v) is 3.73. The summed E-state index contributed by atoms with van der Waals surface area (Å²) in [6, 6.07) is 18.4. The van der Waals surface area contributed by atoms with Crippen molar-refractivity contribution in [3.63, 3.8) is 0 Å². The van der Waals surface area contributed by atoms with Crippen LogP contribution in [0.3, 0.4) is 0 Å². The Morgan fingerprint density at radius 1 is 1.14 bits per heavy atom. The molecule has 2 aromatic carbocycles. The molecule has 2 N–H and O–H groups in total. The largest absolute Gasteiger partial charge is 0.489 e. The van der Waals surface area contributed by atoms with E-state index in [1.54, 1.807) is 0 Å². The van der Waals surface area contributed by atoms with Crippen LogP contribution in [0.25, 0.3) is 0 Å². The molecule has 110 valence electrons. The van der Waals surface area contributed by atoms with Gasteiger partial charge in [-0.25, -0.2) is 0 Å². The third kappa shape index (κ3) is 4.20. The van der Waals surface area contributed by atoms with Gasteiger partial charge in [0.1, 0.15) is 12.4 Å². The van der Waals surface area contributed by atoms with E-state index in [0.717, 1.165) is 5.75 Å². The maximum absolute atomic E-state index is 5.88. The van der Waals surface area contributed by atoms with Crippen molar-refractivity contribution in [2.24, 2.45) is 11.7 Å². The SMILES string of the molecule is C=CC(c1cccc(OCc2ccccc2)c1)[C@@H](C)CN. The molecule has 0 fully saturated rings. The van der Waals surface area contributed by atoms with E-state index in [2.05, 4.69) is 37.8 Å². The van der Waals surface area contributed by atoms with E-state index >= 15 is 0 Å². The Morgan fingerprint density at radius 3 is 2.57 bits per heavy atom. The zero-order valence-corrected chi connectivity index (χ0v) is 12.5. The van der Waals surface area contributed by atoms with Gasteiger partial charge in [-0.05, 0) is 35.7 Å². The maximum Gasteiger partial charge on any atom is 0.120 e. The average molecular weight is 281 g/mol. The molecule has 0 amide bonds. The van der Waals surface area contributed by atoms with Crippen LogP contribution in [0.15, 0.2) is 67.3 Å². The molecule has 1 unspecified atom stereocenters. The lowest BCUT2D eigenvalue weighted by Gasteiger charge is -2.20. The third-order valence-electron chi connectivity index (χ3n) is 3.73. The molecular formula is C19H23NO. The van der Waals surface area contributed by atoms with Crippen molar-refractivity contribution in [3.05, 3.63) is 78.4 Å². The fraction of sp³-hybridized carbons (Fsp3) is 0.263. The molecule has 0 saturated heterocycles. The summed E-state index contributed by atoms with van der Waals surface area (Å²) in [6.07, 6.45) is 1.97. The van der Waals surface area contributed by atoms with Crippen LogP contribution in [-0.2, 0) is 6.61 Å². The van der Waals surface area contributed by atoms with E-state index in [1.165, 1.54) is 11.1 Å². The molecule has 0 aliphatic rings. The first kappa shape index (κ1) is 15.3. The fourth-order valence-electron chi connectivity index (χ4n) is 2.40. The van der Waals surface area contributed by atoms with Crippen LogP contribution in [-0.4, -0.2) is 6.54 Å². The van der Waals surface area contributed by atoms with Crippen LogP contribution in [0, 0.1) is 5.92 Å². The highest BCUT2D eigenvalue weighted by molar-refractivity contribution is 5.33. The highest BCUT2D eigenvalue weighted by atomic mass is 16.5. The van der Waals surface area contributed by atoms with Gasteiger partial charge in [0.05, 0.1) is 0 Å². The van der Waals surface area contributed by atoms with Crippen molar-refractivity contribution in [3.8, 4) is 5.75 Å². The van der Waals surface area contributed by atoms with Crippen molar-refractivity contribution >= 4 is 0 Å². The summed E-state index contributed by atoms with van der Waals surface area (Å²) < 4.78 is 5.88. The molecule has 2 rings (SSSR count). The Morgan fingerprint density at radius 2 is 1.90 bits per heavy atom. The van der Waals surface area contributed by atoms with E-state index < -0.39 is 0 Å². The minimum atomic E-state index is 0.260. The summed E-state index contributed by atoms with van der Waals surface area (Å²) in [4.78, 5) is 0. The predicted molar refractivity (Wildman–Crippen MR) is 88.4 cm³/mol. The normalized spacial score (nSPS) is 13.4. The second-order valence-electron chi connectivity index (χ2n) is 5.32. The zero-order chi connectivity index (χ0) is 15.1. The van der Waals surface area contributed by atoms with Crippen LogP contribution in [0.5, 0.6) is 5.75 Å². The predicted octanol–water partition coefficient (Wildman–Crippen LogP) is 4.13. The number of hydrogen-bond donors (Lipinski definition) is 1. The minimum Gasteiger partial charge on any atom is -0.489 e. The Kier molecular flexibility index (Phi) is 5.59. The smallest absolute Gasteiger partial charge is 0.120 e. The Balaban J connectivity index is 2.08. The lowest BCUT2D eigenvalue weighted by atomic mass is 9.87. The molecule has 2 aromatic rings. The van der Waals surface area contributed by atoms with Gasteiger partial charge in [0.2, 0.25) is 0 Å². The van der Waals surface area contributed by atoms with Crippen molar-refractivity contribution in [2.75, 3.05) is 6.54 Å². The fourth-order valence-corrected chi connectivity index (χ4v) is 2.40. The number of benzene rings is 2. The van der Waals surface area contributed by atoms with E-state index in [-0.39, 0.29) is 5.92 Å². The van der Waals surface area contributed by atoms with Crippen LogP contribution >= 0.6 is 0 Å². The van der Waals surface area contributed by atoms with Crippen LogP contribution < -0.4 is 10.5 Å². The Labute approximate surface area is 127 Å². The molecule has 0 aliphatic heterocycles. The molecule has 0 aliphatic carbocycles. The van der Waals surface area contributed by atoms with Crippen molar-refractivity contribution in [1.29, 1.82) is 0 Å². The molecular weight excluding hydrogens is 258 g/mol. The summed E-state index contributed by atoms with van der Waals surface area (Å²) in [5, 5.41) is 0. The minimum absolute atomic E-state index is 0.260. The monoisotopic (exact) mass is 281 g/mol. The number of allylic oxidation sites excluding steroid dienone is 1. The first-order valence-electron chi connectivity index (χ1n) is 7.34. The van der Waals surface area contributed by atoms with E-state index in [4.69, 9.17) is 10.5 Å². The molecule has 2 heteroatoms. The summed E-state index contributed by atoms with van der Waals surface area (Å²) in [5.74, 6) is 1.51. The van der Waals surface area contributed by atoms with E-state index in [9.17, 15) is 0 Å². The quantitative estimate of drug-likeness (QED) is 0.774. The van der Waals surface area contributed by atoms with Gasteiger partial charge in [-0.15, -0.1) is 6.58 Å². The highest BCUT2D eigenvalue weighted by Gasteiger charge is 2.15. The lowest BCUT2D eigenvalue weighted by Crippen LogP contribution is -2.17. The topological polar surface area (TPSA) is 35.2 Å². The molecule has 0 heterocycles. The van der Waals surface area contributed by atoms with Gasteiger partial charge < -0.3 is 10.5 Å². The molecule has 0 spiro atoms. The Hall–Kier alpha value is -2.06. The van der Waals surface area contributed by atoms with Gasteiger partial charge in [-0.3, -0.25) is 0 Å². The molecule has 2 nitrogen and oxygen atoms in total. The number of ether oxygens (including phenoxy) is 1. The lowest BCUT2D eigenvalue weighted by molar-refractivity contribution is 0.305. The zero-order valence-electron chi connectivity index (χ0n) is 12.5. The molecule has 0 bridgehead atoms. The first-order valence-corrected chi connectivity index (χ1v) is 7.34. The van der Waals surface area contributed by atoms with Gasteiger partial charge >= 0.3 is 0 Å². The van der Waals surface area contributed by atoms with Gasteiger partial charge in [-0.1, -0.05) is 55.5 Å². The molecule has 21 heavy (non-hydrogen) atoms. The van der Waals surface area contributed by atoms with Crippen molar-refractivity contribution < 1.29 is 4.74 Å². The molecule has 2 atom stereocenters. The average Bonchev–Trinajstić information content (AvgIpc) is 2.55. The first-order chi connectivity index (χ1) is 10.2.